The lowest BCUT2D eigenvalue weighted by molar-refractivity contribution is -0.128. The fourth-order valence-electron chi connectivity index (χ4n) is 2.29. The number of hydrogen-bond acceptors (Lipinski definition) is 5. The highest BCUT2D eigenvalue weighted by atomic mass is 16.5. The molecule has 2 atom stereocenters. The fourth-order valence-corrected chi connectivity index (χ4v) is 2.29. The fraction of sp³-hybridized carbons (Fsp3) is 0.867. The van der Waals surface area contributed by atoms with Crippen LogP contribution in [-0.2, 0) is 19.1 Å². The summed E-state index contributed by atoms with van der Waals surface area (Å²) < 4.78 is 10.8. The Balaban J connectivity index is 1.95. The number of nitrogens with one attached hydrogen (secondary N) is 1. The predicted molar refractivity (Wildman–Crippen MR) is 76.7 cm³/mol. The van der Waals surface area contributed by atoms with Crippen LogP contribution in [0.15, 0.2) is 0 Å². The topological polar surface area (TPSA) is 64.6 Å². The molecule has 20 heavy (non-hydrogen) atoms. The van der Waals surface area contributed by atoms with Gasteiger partial charge in [-0.15, -0.1) is 0 Å². The summed E-state index contributed by atoms with van der Waals surface area (Å²) in [6.07, 6.45) is 0.909. The van der Waals surface area contributed by atoms with Crippen molar-refractivity contribution in [2.24, 2.45) is 11.8 Å². The Morgan fingerprint density at radius 3 is 2.35 bits per heavy atom. The van der Waals surface area contributed by atoms with E-state index in [4.69, 9.17) is 9.47 Å². The molecule has 1 N–H and O–H groups in total. The zero-order valence-electron chi connectivity index (χ0n) is 12.8. The molecule has 1 saturated carbocycles. The second-order valence-electron chi connectivity index (χ2n) is 5.65. The van der Waals surface area contributed by atoms with Crippen molar-refractivity contribution < 1.29 is 19.1 Å². The standard InChI is InChI=1S/C15H27NO4/c1-11(2)16-5-7-20-9-8-19-6-4-13-14(17)10-12(3)15(13)18/h11-13,16H,4-10H2,1-3H3. The molecule has 1 aliphatic carbocycles. The molecule has 0 radical (unpaired) electrons. The van der Waals surface area contributed by atoms with Crippen molar-refractivity contribution >= 4 is 11.6 Å². The Kier molecular flexibility index (Phi) is 7.95. The first kappa shape index (κ1) is 17.3. The van der Waals surface area contributed by atoms with E-state index in [0.717, 1.165) is 6.54 Å². The van der Waals surface area contributed by atoms with Gasteiger partial charge in [-0.25, -0.2) is 0 Å². The maximum atomic E-state index is 11.7. The van der Waals surface area contributed by atoms with Crippen molar-refractivity contribution in [3.05, 3.63) is 0 Å². The maximum absolute atomic E-state index is 11.7. The largest absolute Gasteiger partial charge is 0.379 e. The minimum Gasteiger partial charge on any atom is -0.379 e. The average Bonchev–Trinajstić information content (AvgIpc) is 2.62. The quantitative estimate of drug-likeness (QED) is 0.483. The molecule has 2 unspecified atom stereocenters. The number of ether oxygens (including phenoxy) is 2. The summed E-state index contributed by atoms with van der Waals surface area (Å²) in [5.74, 6) is -0.387. The molecule has 0 aromatic rings. The van der Waals surface area contributed by atoms with Crippen LogP contribution < -0.4 is 5.32 Å². The molecule has 0 aromatic carbocycles. The molecule has 1 rings (SSSR count). The van der Waals surface area contributed by atoms with Gasteiger partial charge in [-0.3, -0.25) is 9.59 Å². The molecule has 0 saturated heterocycles. The van der Waals surface area contributed by atoms with Crippen LogP contribution in [0.1, 0.15) is 33.6 Å². The maximum Gasteiger partial charge on any atom is 0.146 e. The van der Waals surface area contributed by atoms with Crippen LogP contribution in [0.2, 0.25) is 0 Å². The van der Waals surface area contributed by atoms with E-state index in [1.54, 1.807) is 0 Å². The molecule has 1 aliphatic rings. The van der Waals surface area contributed by atoms with Crippen LogP contribution in [0, 0.1) is 11.8 Å². The van der Waals surface area contributed by atoms with E-state index >= 15 is 0 Å². The van der Waals surface area contributed by atoms with Crippen molar-refractivity contribution in [2.45, 2.75) is 39.7 Å². The molecular weight excluding hydrogens is 258 g/mol. The third-order valence-electron chi connectivity index (χ3n) is 3.45. The van der Waals surface area contributed by atoms with Crippen LogP contribution >= 0.6 is 0 Å². The van der Waals surface area contributed by atoms with Crippen LogP contribution in [0.5, 0.6) is 0 Å². The highest BCUT2D eigenvalue weighted by molar-refractivity contribution is 6.09. The van der Waals surface area contributed by atoms with Crippen molar-refractivity contribution in [1.82, 2.24) is 5.32 Å². The molecule has 0 heterocycles. The van der Waals surface area contributed by atoms with Gasteiger partial charge in [0.05, 0.1) is 25.7 Å². The number of ketones is 2. The molecule has 5 heteroatoms. The lowest BCUT2D eigenvalue weighted by atomic mass is 10.0. The van der Waals surface area contributed by atoms with Gasteiger partial charge in [0.1, 0.15) is 11.6 Å². The van der Waals surface area contributed by atoms with Gasteiger partial charge in [0.25, 0.3) is 0 Å². The molecule has 5 nitrogen and oxygen atoms in total. The Bertz CT molecular complexity index is 317. The van der Waals surface area contributed by atoms with Gasteiger partial charge in [0, 0.05) is 31.5 Å². The summed E-state index contributed by atoms with van der Waals surface area (Å²) in [6, 6.07) is 0.471. The van der Waals surface area contributed by atoms with Gasteiger partial charge in [-0.05, 0) is 6.42 Å². The summed E-state index contributed by atoms with van der Waals surface area (Å²) in [7, 11) is 0. The zero-order valence-corrected chi connectivity index (χ0v) is 12.8. The van der Waals surface area contributed by atoms with Crippen LogP contribution in [0.3, 0.4) is 0 Å². The van der Waals surface area contributed by atoms with E-state index in [-0.39, 0.29) is 17.5 Å². The first-order valence-electron chi connectivity index (χ1n) is 7.47. The van der Waals surface area contributed by atoms with E-state index < -0.39 is 5.92 Å². The predicted octanol–water partition coefficient (Wildman–Crippen LogP) is 1.20. The van der Waals surface area contributed by atoms with Crippen molar-refractivity contribution in [2.75, 3.05) is 33.0 Å². The summed E-state index contributed by atoms with van der Waals surface area (Å²) >= 11 is 0. The highest BCUT2D eigenvalue weighted by Crippen LogP contribution is 2.25. The monoisotopic (exact) mass is 285 g/mol. The Morgan fingerprint density at radius 1 is 1.15 bits per heavy atom. The third kappa shape index (κ3) is 6.11. The summed E-state index contributed by atoms with van der Waals surface area (Å²) in [4.78, 5) is 23.3. The number of carbonyl (C=O) groups is 2. The second-order valence-corrected chi connectivity index (χ2v) is 5.65. The molecule has 0 spiro atoms. The minimum atomic E-state index is -0.429. The Hall–Kier alpha value is -0.780. The van der Waals surface area contributed by atoms with Gasteiger partial charge >= 0.3 is 0 Å². The Labute approximate surface area is 121 Å². The first-order chi connectivity index (χ1) is 9.52. The van der Waals surface area contributed by atoms with Crippen molar-refractivity contribution in [1.29, 1.82) is 0 Å². The molecule has 1 fully saturated rings. The van der Waals surface area contributed by atoms with Gasteiger partial charge in [0.2, 0.25) is 0 Å². The molecular formula is C15H27NO4. The molecule has 0 bridgehead atoms. The van der Waals surface area contributed by atoms with Crippen molar-refractivity contribution in [3.63, 3.8) is 0 Å². The van der Waals surface area contributed by atoms with Crippen molar-refractivity contribution in [3.8, 4) is 0 Å². The number of rotatable bonds is 10. The molecule has 0 aromatic heterocycles. The van der Waals surface area contributed by atoms with Gasteiger partial charge in [0.15, 0.2) is 0 Å². The average molecular weight is 285 g/mol. The van der Waals surface area contributed by atoms with E-state index in [1.165, 1.54) is 0 Å². The van der Waals surface area contributed by atoms with E-state index in [2.05, 4.69) is 19.2 Å². The SMILES string of the molecule is CC(C)NCCOCCOCCC1C(=O)CC(C)C1=O. The lowest BCUT2D eigenvalue weighted by Crippen LogP contribution is -2.27. The number of hydrogen-bond donors (Lipinski definition) is 1. The number of carbonyl (C=O) groups excluding carboxylic acids is 2. The zero-order chi connectivity index (χ0) is 15.0. The Morgan fingerprint density at radius 2 is 1.80 bits per heavy atom. The van der Waals surface area contributed by atoms with Gasteiger partial charge < -0.3 is 14.8 Å². The van der Waals surface area contributed by atoms with E-state index in [9.17, 15) is 9.59 Å². The second kappa shape index (κ2) is 9.21. The van der Waals surface area contributed by atoms with Gasteiger partial charge in [-0.2, -0.15) is 0 Å². The molecule has 0 aliphatic heterocycles. The molecule has 0 amide bonds. The highest BCUT2D eigenvalue weighted by Gasteiger charge is 2.37. The molecule has 116 valence electrons. The normalized spacial score (nSPS) is 23.0. The minimum absolute atomic E-state index is 0.0714. The first-order valence-corrected chi connectivity index (χ1v) is 7.47. The van der Waals surface area contributed by atoms with Crippen LogP contribution in [-0.4, -0.2) is 50.6 Å². The van der Waals surface area contributed by atoms with E-state index in [0.29, 0.717) is 45.3 Å². The van der Waals surface area contributed by atoms with Crippen LogP contribution in [0.25, 0.3) is 0 Å². The summed E-state index contributed by atoms with van der Waals surface area (Å²) in [5.41, 5.74) is 0. The van der Waals surface area contributed by atoms with Gasteiger partial charge in [-0.1, -0.05) is 20.8 Å². The third-order valence-corrected chi connectivity index (χ3v) is 3.45. The smallest absolute Gasteiger partial charge is 0.146 e. The number of Topliss-reactive ketones (excluding diaryl/α,β-unsaturated/α-hetero) is 2. The van der Waals surface area contributed by atoms with E-state index in [1.807, 2.05) is 6.92 Å². The van der Waals surface area contributed by atoms with Crippen LogP contribution in [0.4, 0.5) is 0 Å². The summed E-state index contributed by atoms with van der Waals surface area (Å²) in [6.45, 7) is 9.00. The summed E-state index contributed by atoms with van der Waals surface area (Å²) in [5, 5.41) is 3.26. The lowest BCUT2D eigenvalue weighted by Gasteiger charge is -2.10.